The quantitative estimate of drug-likeness (QED) is 0.823. The average molecular weight is 278 g/mol. The van der Waals surface area contributed by atoms with E-state index in [1.807, 2.05) is 31.2 Å². The number of nitrogens with one attached hydrogen (secondary N) is 1. The number of hydrogen-bond acceptors (Lipinski definition) is 4. The topological polar surface area (TPSA) is 73.6 Å². The molecule has 0 saturated heterocycles. The number of rotatable bonds is 6. The Hall–Kier alpha value is -1.75. The molecule has 1 aliphatic heterocycles. The van der Waals surface area contributed by atoms with Crippen LogP contribution in [-0.4, -0.2) is 31.7 Å². The molecule has 0 saturated carbocycles. The molecule has 5 heteroatoms. The molecule has 0 radical (unpaired) electrons. The van der Waals surface area contributed by atoms with Gasteiger partial charge in [0.15, 0.2) is 11.5 Å². The second kappa shape index (κ2) is 7.14. The van der Waals surface area contributed by atoms with Crippen molar-refractivity contribution in [3.05, 3.63) is 24.3 Å². The van der Waals surface area contributed by atoms with Crippen molar-refractivity contribution in [2.24, 2.45) is 11.7 Å². The molecule has 20 heavy (non-hydrogen) atoms. The number of para-hydroxylation sites is 2. The zero-order valence-electron chi connectivity index (χ0n) is 11.8. The van der Waals surface area contributed by atoms with Gasteiger partial charge in [0.05, 0.1) is 6.54 Å². The van der Waals surface area contributed by atoms with Crippen LogP contribution in [-0.2, 0) is 4.79 Å². The van der Waals surface area contributed by atoms with Gasteiger partial charge in [0.25, 0.3) is 0 Å². The maximum Gasteiger partial charge on any atom is 0.220 e. The van der Waals surface area contributed by atoms with Gasteiger partial charge in [-0.2, -0.15) is 0 Å². The molecule has 0 aromatic heterocycles. The third kappa shape index (κ3) is 4.13. The van der Waals surface area contributed by atoms with E-state index in [0.717, 1.165) is 17.9 Å². The van der Waals surface area contributed by atoms with E-state index in [9.17, 15) is 4.79 Å². The highest BCUT2D eigenvalue weighted by molar-refractivity contribution is 5.75. The monoisotopic (exact) mass is 278 g/mol. The summed E-state index contributed by atoms with van der Waals surface area (Å²) in [6.45, 7) is 3.58. The van der Waals surface area contributed by atoms with Crippen LogP contribution in [0.2, 0.25) is 0 Å². The predicted octanol–water partition coefficient (Wildman–Crippen LogP) is 1.32. The number of carbonyl (C=O) groups excluding carboxylic acids is 1. The molecule has 1 amide bonds. The van der Waals surface area contributed by atoms with Gasteiger partial charge in [0, 0.05) is 6.42 Å². The maximum atomic E-state index is 11.7. The van der Waals surface area contributed by atoms with Crippen LogP contribution in [0.5, 0.6) is 11.5 Å². The van der Waals surface area contributed by atoms with E-state index < -0.39 is 0 Å². The summed E-state index contributed by atoms with van der Waals surface area (Å²) in [4.78, 5) is 11.7. The van der Waals surface area contributed by atoms with E-state index in [2.05, 4.69) is 5.32 Å². The van der Waals surface area contributed by atoms with Gasteiger partial charge in [-0.3, -0.25) is 4.79 Å². The van der Waals surface area contributed by atoms with Crippen molar-refractivity contribution in [1.82, 2.24) is 5.32 Å². The second-order valence-corrected chi connectivity index (χ2v) is 5.18. The van der Waals surface area contributed by atoms with Crippen molar-refractivity contribution in [2.75, 3.05) is 19.7 Å². The van der Waals surface area contributed by atoms with Crippen LogP contribution in [0.25, 0.3) is 0 Å². The van der Waals surface area contributed by atoms with Gasteiger partial charge in [0.1, 0.15) is 12.7 Å². The van der Waals surface area contributed by atoms with Gasteiger partial charge in [-0.15, -0.1) is 0 Å². The summed E-state index contributed by atoms with van der Waals surface area (Å²) in [7, 11) is 0. The second-order valence-electron chi connectivity index (χ2n) is 5.18. The molecule has 1 heterocycles. The molecule has 110 valence electrons. The van der Waals surface area contributed by atoms with Crippen molar-refractivity contribution in [2.45, 2.75) is 25.9 Å². The minimum atomic E-state index is -0.138. The van der Waals surface area contributed by atoms with E-state index in [4.69, 9.17) is 15.2 Å². The fourth-order valence-corrected chi connectivity index (χ4v) is 1.98. The van der Waals surface area contributed by atoms with Gasteiger partial charge in [0.2, 0.25) is 5.91 Å². The molecule has 2 atom stereocenters. The third-order valence-corrected chi connectivity index (χ3v) is 3.36. The molecule has 0 spiro atoms. The van der Waals surface area contributed by atoms with Gasteiger partial charge in [-0.05, 0) is 31.0 Å². The molecule has 2 rings (SSSR count). The average Bonchev–Trinajstić information content (AvgIpc) is 2.50. The van der Waals surface area contributed by atoms with E-state index in [1.165, 1.54) is 0 Å². The summed E-state index contributed by atoms with van der Waals surface area (Å²) >= 11 is 0. The summed E-state index contributed by atoms with van der Waals surface area (Å²) in [6.07, 6.45) is 1.18. The molecule has 5 nitrogen and oxygen atoms in total. The normalized spacial score (nSPS) is 18.4. The molecule has 1 aromatic rings. The molecule has 0 fully saturated rings. The van der Waals surface area contributed by atoms with Crippen LogP contribution in [0.3, 0.4) is 0 Å². The Kier molecular flexibility index (Phi) is 5.24. The Morgan fingerprint density at radius 3 is 2.95 bits per heavy atom. The lowest BCUT2D eigenvalue weighted by atomic mass is 10.1. The third-order valence-electron chi connectivity index (χ3n) is 3.36. The maximum absolute atomic E-state index is 11.7. The summed E-state index contributed by atoms with van der Waals surface area (Å²) in [5.74, 6) is 1.90. The number of fused-ring (bicyclic) bond motifs is 1. The lowest BCUT2D eigenvalue weighted by Crippen LogP contribution is -2.40. The Morgan fingerprint density at radius 1 is 1.45 bits per heavy atom. The van der Waals surface area contributed by atoms with E-state index >= 15 is 0 Å². The minimum Gasteiger partial charge on any atom is -0.486 e. The first-order valence-electron chi connectivity index (χ1n) is 7.04. The van der Waals surface area contributed by atoms with Crippen LogP contribution >= 0.6 is 0 Å². The van der Waals surface area contributed by atoms with Gasteiger partial charge < -0.3 is 20.5 Å². The van der Waals surface area contributed by atoms with Crippen LogP contribution in [0.1, 0.15) is 19.8 Å². The molecular weight excluding hydrogens is 256 g/mol. The fraction of sp³-hybridized carbons (Fsp3) is 0.533. The van der Waals surface area contributed by atoms with Crippen LogP contribution in [0.15, 0.2) is 24.3 Å². The first-order valence-corrected chi connectivity index (χ1v) is 7.04. The molecule has 2 unspecified atom stereocenters. The number of nitrogens with two attached hydrogens (primary N) is 1. The SMILES string of the molecule is CC(CN)CCC(=O)NCC1COc2ccccc2O1. The molecule has 1 aromatic carbocycles. The predicted molar refractivity (Wildman–Crippen MR) is 76.8 cm³/mol. The highest BCUT2D eigenvalue weighted by Gasteiger charge is 2.20. The fourth-order valence-electron chi connectivity index (χ4n) is 1.98. The van der Waals surface area contributed by atoms with Crippen molar-refractivity contribution in [3.8, 4) is 11.5 Å². The highest BCUT2D eigenvalue weighted by Crippen LogP contribution is 2.30. The molecule has 0 aliphatic carbocycles. The molecule has 3 N–H and O–H groups in total. The molecular formula is C15H22N2O3. The van der Waals surface area contributed by atoms with Gasteiger partial charge in [-0.1, -0.05) is 19.1 Å². The Bertz CT molecular complexity index is 450. The van der Waals surface area contributed by atoms with Crippen molar-refractivity contribution in [1.29, 1.82) is 0 Å². The van der Waals surface area contributed by atoms with Gasteiger partial charge in [-0.25, -0.2) is 0 Å². The Balaban J connectivity index is 1.72. The van der Waals surface area contributed by atoms with E-state index in [-0.39, 0.29) is 12.0 Å². The summed E-state index contributed by atoms with van der Waals surface area (Å²) in [6, 6.07) is 7.55. The van der Waals surface area contributed by atoms with Gasteiger partial charge >= 0.3 is 0 Å². The van der Waals surface area contributed by atoms with Crippen molar-refractivity contribution < 1.29 is 14.3 Å². The zero-order valence-corrected chi connectivity index (χ0v) is 11.8. The smallest absolute Gasteiger partial charge is 0.220 e. The van der Waals surface area contributed by atoms with Crippen molar-refractivity contribution in [3.63, 3.8) is 0 Å². The summed E-state index contributed by atoms with van der Waals surface area (Å²) in [5, 5.41) is 2.88. The van der Waals surface area contributed by atoms with Crippen LogP contribution < -0.4 is 20.5 Å². The zero-order chi connectivity index (χ0) is 14.4. The van der Waals surface area contributed by atoms with E-state index in [0.29, 0.717) is 32.0 Å². The molecule has 0 bridgehead atoms. The minimum absolute atomic E-state index is 0.0350. The summed E-state index contributed by atoms with van der Waals surface area (Å²) in [5.41, 5.74) is 5.53. The summed E-state index contributed by atoms with van der Waals surface area (Å²) < 4.78 is 11.4. The number of ether oxygens (including phenoxy) is 2. The standard InChI is InChI=1S/C15H22N2O3/c1-11(8-16)6-7-15(18)17-9-12-10-19-13-4-2-3-5-14(13)20-12/h2-5,11-12H,6-10,16H2,1H3,(H,17,18). The largest absolute Gasteiger partial charge is 0.486 e. The Morgan fingerprint density at radius 2 is 2.20 bits per heavy atom. The van der Waals surface area contributed by atoms with Crippen LogP contribution in [0.4, 0.5) is 0 Å². The van der Waals surface area contributed by atoms with Crippen LogP contribution in [0, 0.1) is 5.92 Å². The molecule has 1 aliphatic rings. The number of amides is 1. The first kappa shape index (κ1) is 14.7. The number of benzene rings is 1. The number of carbonyl (C=O) groups is 1. The lowest BCUT2D eigenvalue weighted by molar-refractivity contribution is -0.121. The first-order chi connectivity index (χ1) is 9.69. The highest BCUT2D eigenvalue weighted by atomic mass is 16.6. The Labute approximate surface area is 119 Å². The lowest BCUT2D eigenvalue weighted by Gasteiger charge is -2.26. The van der Waals surface area contributed by atoms with Crippen molar-refractivity contribution >= 4 is 5.91 Å². The van der Waals surface area contributed by atoms with E-state index in [1.54, 1.807) is 0 Å². The number of hydrogen-bond donors (Lipinski definition) is 2.